The van der Waals surface area contributed by atoms with Crippen molar-refractivity contribution in [2.75, 3.05) is 0 Å². The molecule has 0 saturated heterocycles. The molecule has 1 unspecified atom stereocenters. The molecule has 2 aromatic carbocycles. The molecule has 4 rings (SSSR count). The molecule has 2 N–H and O–H groups in total. The quantitative estimate of drug-likeness (QED) is 0.398. The van der Waals surface area contributed by atoms with Gasteiger partial charge in [0.05, 0.1) is 11.7 Å². The van der Waals surface area contributed by atoms with Gasteiger partial charge >= 0.3 is 5.97 Å². The maximum Gasteiger partial charge on any atom is 0.328 e. The van der Waals surface area contributed by atoms with Gasteiger partial charge in [0.1, 0.15) is 6.04 Å². The Balaban J connectivity index is 1.67. The lowest BCUT2D eigenvalue weighted by molar-refractivity contribution is -0.141. The number of aromatic amines is 1. The Morgan fingerprint density at radius 3 is 2.70 bits per heavy atom. The summed E-state index contributed by atoms with van der Waals surface area (Å²) in [6, 6.07) is 13.1. The Morgan fingerprint density at radius 1 is 1.13 bits per heavy atom. The number of hydrogen-bond acceptors (Lipinski definition) is 5. The molecule has 0 amide bonds. The fraction of sp³-hybridized carbons (Fsp3) is 0.318. The summed E-state index contributed by atoms with van der Waals surface area (Å²) in [5, 5.41) is 29.4. The second kappa shape index (κ2) is 8.86. The topological polar surface area (TPSA) is 110 Å². The highest BCUT2D eigenvalue weighted by molar-refractivity contribution is 5.89. The van der Waals surface area contributed by atoms with E-state index >= 15 is 0 Å². The molecule has 0 radical (unpaired) electrons. The largest absolute Gasteiger partial charge is 0.480 e. The first-order chi connectivity index (χ1) is 14.7. The van der Waals surface area contributed by atoms with Crippen molar-refractivity contribution in [1.29, 1.82) is 0 Å². The number of nitrogens with zero attached hydrogens (tertiary/aromatic N) is 5. The van der Waals surface area contributed by atoms with E-state index in [1.807, 2.05) is 42.5 Å². The third kappa shape index (κ3) is 3.94. The molecule has 0 fully saturated rings. The van der Waals surface area contributed by atoms with E-state index in [2.05, 4.69) is 32.6 Å². The lowest BCUT2D eigenvalue weighted by Crippen LogP contribution is -2.20. The summed E-state index contributed by atoms with van der Waals surface area (Å²) in [5.74, 6) is -0.317. The Morgan fingerprint density at radius 2 is 1.97 bits per heavy atom. The first-order valence-corrected chi connectivity index (χ1v) is 10.2. The van der Waals surface area contributed by atoms with Gasteiger partial charge in [0, 0.05) is 10.9 Å². The van der Waals surface area contributed by atoms with Crippen molar-refractivity contribution in [3.63, 3.8) is 0 Å². The van der Waals surface area contributed by atoms with Crippen molar-refractivity contribution < 1.29 is 9.90 Å². The highest BCUT2D eigenvalue weighted by Gasteiger charge is 2.22. The predicted molar refractivity (Wildman–Crippen MR) is 114 cm³/mol. The van der Waals surface area contributed by atoms with Crippen LogP contribution in [0.3, 0.4) is 0 Å². The monoisotopic (exact) mass is 404 g/mol. The van der Waals surface area contributed by atoms with Crippen molar-refractivity contribution in [2.24, 2.45) is 0 Å². The second-order valence-electron chi connectivity index (χ2n) is 7.35. The Labute approximate surface area is 173 Å². The SMILES string of the molecule is CCCCCCC(C(=O)O)n1ncc2cc(-c3ccccc3-c3nn[nH]n3)ccc21. The number of carbonyl (C=O) groups is 1. The molecular formula is C22H24N6O2. The summed E-state index contributed by atoms with van der Waals surface area (Å²) in [5.41, 5.74) is 3.65. The summed E-state index contributed by atoms with van der Waals surface area (Å²) < 4.78 is 1.64. The first kappa shape index (κ1) is 19.8. The minimum Gasteiger partial charge on any atom is -0.480 e. The van der Waals surface area contributed by atoms with Gasteiger partial charge in [-0.2, -0.15) is 10.3 Å². The minimum atomic E-state index is -0.844. The zero-order chi connectivity index (χ0) is 20.9. The second-order valence-corrected chi connectivity index (χ2v) is 7.35. The molecule has 0 bridgehead atoms. The number of aromatic nitrogens is 6. The molecular weight excluding hydrogens is 380 g/mol. The Bertz CT molecular complexity index is 1140. The lowest BCUT2D eigenvalue weighted by Gasteiger charge is -2.14. The molecule has 0 aliphatic carbocycles. The predicted octanol–water partition coefficient (Wildman–Crippen LogP) is 4.48. The molecule has 30 heavy (non-hydrogen) atoms. The van der Waals surface area contributed by atoms with Crippen LogP contribution in [0, 0.1) is 0 Å². The van der Waals surface area contributed by atoms with E-state index in [-0.39, 0.29) is 0 Å². The molecule has 2 aromatic heterocycles. The molecule has 8 heteroatoms. The minimum absolute atomic E-state index is 0.527. The molecule has 1 atom stereocenters. The van der Waals surface area contributed by atoms with Gasteiger partial charge in [-0.05, 0) is 34.9 Å². The number of rotatable bonds is 9. The van der Waals surface area contributed by atoms with E-state index in [9.17, 15) is 9.90 Å². The van der Waals surface area contributed by atoms with Gasteiger partial charge in [0.15, 0.2) is 0 Å². The molecule has 0 aliphatic rings. The fourth-order valence-electron chi connectivity index (χ4n) is 3.79. The van der Waals surface area contributed by atoms with Crippen LogP contribution in [0.2, 0.25) is 0 Å². The number of nitrogens with one attached hydrogen (secondary N) is 1. The number of fused-ring (bicyclic) bond motifs is 1. The fourth-order valence-corrected chi connectivity index (χ4v) is 3.79. The van der Waals surface area contributed by atoms with Gasteiger partial charge in [-0.1, -0.05) is 62.9 Å². The van der Waals surface area contributed by atoms with Crippen LogP contribution in [-0.4, -0.2) is 41.5 Å². The van der Waals surface area contributed by atoms with Crippen LogP contribution in [0.5, 0.6) is 0 Å². The molecule has 0 saturated carbocycles. The van der Waals surface area contributed by atoms with E-state index in [0.29, 0.717) is 12.2 Å². The normalized spacial score (nSPS) is 12.3. The maximum atomic E-state index is 11.9. The first-order valence-electron chi connectivity index (χ1n) is 10.2. The summed E-state index contributed by atoms with van der Waals surface area (Å²) in [7, 11) is 0. The van der Waals surface area contributed by atoms with Crippen molar-refractivity contribution >= 4 is 16.9 Å². The van der Waals surface area contributed by atoms with E-state index in [1.165, 1.54) is 0 Å². The third-order valence-corrected chi connectivity index (χ3v) is 5.33. The Kier molecular flexibility index (Phi) is 5.83. The average molecular weight is 404 g/mol. The molecule has 8 nitrogen and oxygen atoms in total. The van der Waals surface area contributed by atoms with Gasteiger partial charge in [0.25, 0.3) is 0 Å². The van der Waals surface area contributed by atoms with Crippen LogP contribution in [0.4, 0.5) is 0 Å². The van der Waals surface area contributed by atoms with Gasteiger partial charge in [0.2, 0.25) is 5.82 Å². The van der Waals surface area contributed by atoms with Gasteiger partial charge < -0.3 is 5.11 Å². The van der Waals surface area contributed by atoms with Crippen molar-refractivity contribution in [3.8, 4) is 22.5 Å². The standard InChI is InChI=1S/C22H24N6O2/c1-2-3-4-5-10-20(22(29)30)28-19-12-11-15(13-16(19)14-23-28)17-8-6-7-9-18(17)21-24-26-27-25-21/h6-9,11-14,20H,2-5,10H2,1H3,(H,29,30)(H,24,25,26,27). The number of hydrogen-bond donors (Lipinski definition) is 2. The van der Waals surface area contributed by atoms with E-state index in [4.69, 9.17) is 0 Å². The van der Waals surface area contributed by atoms with E-state index in [1.54, 1.807) is 10.9 Å². The molecule has 0 aliphatic heterocycles. The van der Waals surface area contributed by atoms with Crippen molar-refractivity contribution in [1.82, 2.24) is 30.4 Å². The van der Waals surface area contributed by atoms with Gasteiger partial charge in [-0.25, -0.2) is 4.79 Å². The number of tetrazole rings is 1. The lowest BCUT2D eigenvalue weighted by atomic mass is 9.98. The van der Waals surface area contributed by atoms with Crippen LogP contribution >= 0.6 is 0 Å². The van der Waals surface area contributed by atoms with E-state index in [0.717, 1.165) is 53.3 Å². The molecule has 0 spiro atoms. The number of unbranched alkanes of at least 4 members (excludes halogenated alkanes) is 3. The van der Waals surface area contributed by atoms with Gasteiger partial charge in [-0.3, -0.25) is 4.68 Å². The highest BCUT2D eigenvalue weighted by Crippen LogP contribution is 2.32. The van der Waals surface area contributed by atoms with Crippen LogP contribution in [-0.2, 0) is 4.79 Å². The van der Waals surface area contributed by atoms with Crippen molar-refractivity contribution in [3.05, 3.63) is 48.7 Å². The van der Waals surface area contributed by atoms with Crippen LogP contribution in [0.25, 0.3) is 33.4 Å². The highest BCUT2D eigenvalue weighted by atomic mass is 16.4. The third-order valence-electron chi connectivity index (χ3n) is 5.33. The van der Waals surface area contributed by atoms with Crippen LogP contribution in [0.15, 0.2) is 48.7 Å². The number of aliphatic carboxylic acids is 1. The van der Waals surface area contributed by atoms with Gasteiger partial charge in [-0.15, -0.1) is 10.2 Å². The number of benzene rings is 2. The van der Waals surface area contributed by atoms with Crippen molar-refractivity contribution in [2.45, 2.75) is 45.1 Å². The Hall–Kier alpha value is -3.55. The number of carboxylic acids is 1. The summed E-state index contributed by atoms with van der Waals surface area (Å²) >= 11 is 0. The maximum absolute atomic E-state index is 11.9. The van der Waals surface area contributed by atoms with Crippen LogP contribution < -0.4 is 0 Å². The summed E-state index contributed by atoms with van der Waals surface area (Å²) in [6.07, 6.45) is 6.47. The van der Waals surface area contributed by atoms with E-state index < -0.39 is 12.0 Å². The number of H-pyrrole nitrogens is 1. The summed E-state index contributed by atoms with van der Waals surface area (Å²) in [6.45, 7) is 2.14. The smallest absolute Gasteiger partial charge is 0.328 e. The molecule has 2 heterocycles. The zero-order valence-corrected chi connectivity index (χ0v) is 16.8. The molecule has 4 aromatic rings. The molecule has 154 valence electrons. The average Bonchev–Trinajstić information content (AvgIpc) is 3.43. The number of carboxylic acid groups (broad SMARTS) is 1. The zero-order valence-electron chi connectivity index (χ0n) is 16.8. The van der Waals surface area contributed by atoms with Crippen LogP contribution in [0.1, 0.15) is 45.1 Å². The summed E-state index contributed by atoms with van der Waals surface area (Å²) in [4.78, 5) is 11.9.